The average molecular weight is 379 g/mol. The van der Waals surface area contributed by atoms with Crippen LogP contribution in [0.15, 0.2) is 48.5 Å². The van der Waals surface area contributed by atoms with E-state index in [1.807, 2.05) is 0 Å². The molecular formula is C19H20F3N3O2. The van der Waals surface area contributed by atoms with Crippen LogP contribution in [0.4, 0.5) is 18.0 Å². The Morgan fingerprint density at radius 2 is 1.74 bits per heavy atom. The SMILES string of the molecule is CNC(=O)c1cccc(CNC(=O)N[C@H](C)c2ccc(C(F)(F)F)cc2)c1. The second kappa shape index (κ2) is 8.57. The van der Waals surface area contributed by atoms with Crippen molar-refractivity contribution in [3.8, 4) is 0 Å². The molecule has 0 aromatic heterocycles. The Morgan fingerprint density at radius 3 is 2.33 bits per heavy atom. The van der Waals surface area contributed by atoms with Crippen LogP contribution in [-0.4, -0.2) is 19.0 Å². The minimum atomic E-state index is -4.39. The van der Waals surface area contributed by atoms with Gasteiger partial charge in [0.1, 0.15) is 0 Å². The van der Waals surface area contributed by atoms with E-state index in [1.165, 1.54) is 19.2 Å². The number of carbonyl (C=O) groups is 2. The summed E-state index contributed by atoms with van der Waals surface area (Å²) in [4.78, 5) is 23.6. The summed E-state index contributed by atoms with van der Waals surface area (Å²) in [6.45, 7) is 1.88. The van der Waals surface area contributed by atoms with Crippen LogP contribution in [0.2, 0.25) is 0 Å². The second-order valence-electron chi connectivity index (χ2n) is 5.95. The van der Waals surface area contributed by atoms with Gasteiger partial charge in [-0.1, -0.05) is 24.3 Å². The summed E-state index contributed by atoms with van der Waals surface area (Å²) in [5.74, 6) is -0.225. The third-order valence-electron chi connectivity index (χ3n) is 3.95. The van der Waals surface area contributed by atoms with Gasteiger partial charge in [0.2, 0.25) is 0 Å². The van der Waals surface area contributed by atoms with Gasteiger partial charge in [-0.05, 0) is 42.3 Å². The number of carbonyl (C=O) groups excluding carboxylic acids is 2. The molecule has 0 aliphatic carbocycles. The van der Waals surface area contributed by atoms with E-state index in [0.717, 1.165) is 17.7 Å². The monoisotopic (exact) mass is 379 g/mol. The fraction of sp³-hybridized carbons (Fsp3) is 0.263. The smallest absolute Gasteiger partial charge is 0.355 e. The van der Waals surface area contributed by atoms with Gasteiger partial charge in [-0.25, -0.2) is 4.79 Å². The number of alkyl halides is 3. The normalized spacial score (nSPS) is 12.2. The highest BCUT2D eigenvalue weighted by Crippen LogP contribution is 2.29. The Bertz CT molecular complexity index is 805. The maximum Gasteiger partial charge on any atom is 0.416 e. The molecule has 5 nitrogen and oxygen atoms in total. The van der Waals surface area contributed by atoms with Crippen molar-refractivity contribution >= 4 is 11.9 Å². The molecule has 0 fully saturated rings. The van der Waals surface area contributed by atoms with E-state index in [2.05, 4.69) is 16.0 Å². The van der Waals surface area contributed by atoms with Crippen LogP contribution in [0.3, 0.4) is 0 Å². The van der Waals surface area contributed by atoms with Crippen LogP contribution in [0.5, 0.6) is 0 Å². The molecule has 0 aliphatic heterocycles. The minimum absolute atomic E-state index is 0.205. The Hall–Kier alpha value is -3.03. The highest BCUT2D eigenvalue weighted by molar-refractivity contribution is 5.94. The van der Waals surface area contributed by atoms with Crippen LogP contribution in [0.25, 0.3) is 0 Å². The lowest BCUT2D eigenvalue weighted by atomic mass is 10.1. The van der Waals surface area contributed by atoms with Gasteiger partial charge in [0.05, 0.1) is 11.6 Å². The molecule has 144 valence electrons. The molecule has 3 amide bonds. The number of hydrogen-bond donors (Lipinski definition) is 3. The van der Waals surface area contributed by atoms with Crippen molar-refractivity contribution in [1.29, 1.82) is 0 Å². The number of nitrogens with one attached hydrogen (secondary N) is 3. The van der Waals surface area contributed by atoms with Crippen molar-refractivity contribution in [2.24, 2.45) is 0 Å². The molecule has 0 heterocycles. The largest absolute Gasteiger partial charge is 0.416 e. The van der Waals surface area contributed by atoms with Gasteiger partial charge in [0, 0.05) is 19.2 Å². The summed E-state index contributed by atoms with van der Waals surface area (Å²) in [5, 5.41) is 7.84. The summed E-state index contributed by atoms with van der Waals surface area (Å²) in [7, 11) is 1.53. The zero-order valence-electron chi connectivity index (χ0n) is 14.9. The predicted molar refractivity (Wildman–Crippen MR) is 95.1 cm³/mol. The molecule has 0 saturated carbocycles. The topological polar surface area (TPSA) is 70.2 Å². The fourth-order valence-corrected chi connectivity index (χ4v) is 2.44. The number of benzene rings is 2. The van der Waals surface area contributed by atoms with Crippen molar-refractivity contribution in [2.75, 3.05) is 7.05 Å². The second-order valence-corrected chi connectivity index (χ2v) is 5.95. The number of rotatable bonds is 5. The Labute approximate surface area is 155 Å². The molecule has 8 heteroatoms. The molecule has 2 rings (SSSR count). The summed E-state index contributed by atoms with van der Waals surface area (Å²) in [5.41, 5.74) is 1.04. The van der Waals surface area contributed by atoms with Crippen molar-refractivity contribution < 1.29 is 22.8 Å². The molecule has 0 radical (unpaired) electrons. The number of urea groups is 1. The third-order valence-corrected chi connectivity index (χ3v) is 3.95. The van der Waals surface area contributed by atoms with Crippen LogP contribution in [0, 0.1) is 0 Å². The third kappa shape index (κ3) is 5.73. The van der Waals surface area contributed by atoms with Gasteiger partial charge in [-0.2, -0.15) is 13.2 Å². The van der Waals surface area contributed by atoms with Crippen LogP contribution >= 0.6 is 0 Å². The molecular weight excluding hydrogens is 359 g/mol. The van der Waals surface area contributed by atoms with Crippen molar-refractivity contribution in [3.63, 3.8) is 0 Å². The molecule has 0 bridgehead atoms. The molecule has 0 saturated heterocycles. The van der Waals surface area contributed by atoms with Gasteiger partial charge < -0.3 is 16.0 Å². The van der Waals surface area contributed by atoms with Crippen molar-refractivity contribution in [2.45, 2.75) is 25.7 Å². The number of amides is 3. The summed E-state index contributed by atoms with van der Waals surface area (Å²) in [6, 6.07) is 10.5. The van der Waals surface area contributed by atoms with E-state index in [0.29, 0.717) is 11.1 Å². The van der Waals surface area contributed by atoms with Crippen LogP contribution in [0.1, 0.15) is 40.0 Å². The summed E-state index contributed by atoms with van der Waals surface area (Å²) < 4.78 is 37.8. The van der Waals surface area contributed by atoms with Crippen LogP contribution in [-0.2, 0) is 12.7 Å². The molecule has 1 atom stereocenters. The highest BCUT2D eigenvalue weighted by atomic mass is 19.4. The standard InChI is InChI=1S/C19H20F3N3O2/c1-12(14-6-8-16(9-7-14)19(20,21)22)25-18(27)24-11-13-4-3-5-15(10-13)17(26)23-2/h3-10,12H,11H2,1-2H3,(H,23,26)(H2,24,25,27)/t12-/m1/s1. The van der Waals surface area contributed by atoms with Gasteiger partial charge >= 0.3 is 12.2 Å². The quantitative estimate of drug-likeness (QED) is 0.743. The first-order valence-corrected chi connectivity index (χ1v) is 8.23. The molecule has 3 N–H and O–H groups in total. The molecule has 0 spiro atoms. The Balaban J connectivity index is 1.91. The van der Waals surface area contributed by atoms with Crippen molar-refractivity contribution in [3.05, 3.63) is 70.8 Å². The summed E-state index contributed by atoms with van der Waals surface area (Å²) in [6.07, 6.45) is -4.39. The van der Waals surface area contributed by atoms with E-state index >= 15 is 0 Å². The highest BCUT2D eigenvalue weighted by Gasteiger charge is 2.30. The van der Waals surface area contributed by atoms with Gasteiger partial charge in [0.15, 0.2) is 0 Å². The van der Waals surface area contributed by atoms with Gasteiger partial charge in [0.25, 0.3) is 5.91 Å². The first-order valence-electron chi connectivity index (χ1n) is 8.23. The van der Waals surface area contributed by atoms with E-state index < -0.39 is 23.8 Å². The van der Waals surface area contributed by atoms with Gasteiger partial charge in [-0.3, -0.25) is 4.79 Å². The van der Waals surface area contributed by atoms with Crippen molar-refractivity contribution in [1.82, 2.24) is 16.0 Å². The zero-order valence-corrected chi connectivity index (χ0v) is 14.9. The molecule has 2 aromatic carbocycles. The number of hydrogen-bond acceptors (Lipinski definition) is 2. The molecule has 0 aliphatic rings. The van der Waals surface area contributed by atoms with E-state index in [-0.39, 0.29) is 12.5 Å². The first-order chi connectivity index (χ1) is 12.7. The number of halogens is 3. The van der Waals surface area contributed by atoms with E-state index in [9.17, 15) is 22.8 Å². The van der Waals surface area contributed by atoms with E-state index in [1.54, 1.807) is 31.2 Å². The van der Waals surface area contributed by atoms with Crippen LogP contribution < -0.4 is 16.0 Å². The lowest BCUT2D eigenvalue weighted by Crippen LogP contribution is -2.36. The summed E-state index contributed by atoms with van der Waals surface area (Å²) >= 11 is 0. The maximum absolute atomic E-state index is 12.6. The fourth-order valence-electron chi connectivity index (χ4n) is 2.44. The average Bonchev–Trinajstić information content (AvgIpc) is 2.65. The minimum Gasteiger partial charge on any atom is -0.355 e. The maximum atomic E-state index is 12.6. The van der Waals surface area contributed by atoms with E-state index in [4.69, 9.17) is 0 Å². The zero-order chi connectivity index (χ0) is 20.0. The Kier molecular flexibility index (Phi) is 6.44. The predicted octanol–water partition coefficient (Wildman–Crippen LogP) is 3.63. The molecule has 2 aromatic rings. The lowest BCUT2D eigenvalue weighted by Gasteiger charge is -2.16. The lowest BCUT2D eigenvalue weighted by molar-refractivity contribution is -0.137. The molecule has 0 unspecified atom stereocenters. The Morgan fingerprint density at radius 1 is 1.07 bits per heavy atom. The molecule has 27 heavy (non-hydrogen) atoms. The first kappa shape index (κ1) is 20.3. The van der Waals surface area contributed by atoms with Gasteiger partial charge in [-0.15, -0.1) is 0 Å².